The average Bonchev–Trinajstić information content (AvgIpc) is 3.40. The van der Waals surface area contributed by atoms with Gasteiger partial charge in [-0.1, -0.05) is 24.3 Å². The molecule has 2 aromatic carbocycles. The lowest BCUT2D eigenvalue weighted by molar-refractivity contribution is -0.128. The fourth-order valence-electron chi connectivity index (χ4n) is 3.35. The van der Waals surface area contributed by atoms with Gasteiger partial charge in [0.25, 0.3) is 0 Å². The Morgan fingerprint density at radius 3 is 2.69 bits per heavy atom. The van der Waals surface area contributed by atoms with Crippen molar-refractivity contribution in [3.05, 3.63) is 71.2 Å². The summed E-state index contributed by atoms with van der Waals surface area (Å²) in [5, 5.41) is 8.61. The number of hydrogen-bond donors (Lipinski definition) is 2. The Morgan fingerprint density at radius 2 is 1.97 bits per heavy atom. The summed E-state index contributed by atoms with van der Waals surface area (Å²) in [6.07, 6.45) is 3.36. The van der Waals surface area contributed by atoms with Gasteiger partial charge in [-0.25, -0.2) is 9.78 Å². The largest absolute Gasteiger partial charge is 0.338 e. The third-order valence-corrected chi connectivity index (χ3v) is 5.63. The lowest BCUT2D eigenvalue weighted by Crippen LogP contribution is -2.28. The zero-order valence-corrected chi connectivity index (χ0v) is 16.7. The van der Waals surface area contributed by atoms with Gasteiger partial charge >= 0.3 is 6.03 Å². The van der Waals surface area contributed by atoms with Gasteiger partial charge in [0.2, 0.25) is 5.91 Å². The minimum Gasteiger partial charge on any atom is -0.338 e. The van der Waals surface area contributed by atoms with E-state index >= 15 is 0 Å². The molecule has 0 bridgehead atoms. The van der Waals surface area contributed by atoms with E-state index in [0.29, 0.717) is 19.5 Å². The molecule has 3 aromatic rings. The molecule has 1 aliphatic rings. The third kappa shape index (κ3) is 5.00. The fourth-order valence-corrected chi connectivity index (χ4v) is 3.99. The standard InChI is InChI=1S/C22H22N4O2S/c27-20-5-2-11-26(20)15-17-4-1-3-16(13-17)14-24-22(28)25-19-8-6-18(7-9-19)21-23-10-12-29-21/h1,3-4,6-10,12-13H,2,5,11,14-15H2,(H2,24,25,28). The molecule has 0 spiro atoms. The Hall–Kier alpha value is -3.19. The first kappa shape index (κ1) is 19.1. The molecule has 0 radical (unpaired) electrons. The number of carbonyl (C=O) groups excluding carboxylic acids is 2. The number of likely N-dealkylation sites (tertiary alicyclic amines) is 1. The van der Waals surface area contributed by atoms with Crippen LogP contribution in [0.3, 0.4) is 0 Å². The summed E-state index contributed by atoms with van der Waals surface area (Å²) in [6.45, 7) is 1.88. The second-order valence-electron chi connectivity index (χ2n) is 6.96. The van der Waals surface area contributed by atoms with E-state index < -0.39 is 0 Å². The molecule has 1 saturated heterocycles. The second-order valence-corrected chi connectivity index (χ2v) is 7.86. The number of nitrogens with one attached hydrogen (secondary N) is 2. The number of benzene rings is 2. The Bertz CT molecular complexity index is 986. The highest BCUT2D eigenvalue weighted by Gasteiger charge is 2.19. The number of aromatic nitrogens is 1. The molecule has 0 atom stereocenters. The maximum absolute atomic E-state index is 12.2. The van der Waals surface area contributed by atoms with Crippen molar-refractivity contribution in [3.63, 3.8) is 0 Å². The van der Waals surface area contributed by atoms with Crippen LogP contribution in [-0.4, -0.2) is 28.4 Å². The predicted octanol–water partition coefficient (Wildman–Crippen LogP) is 4.25. The first-order valence-electron chi connectivity index (χ1n) is 9.58. The summed E-state index contributed by atoms with van der Waals surface area (Å²) >= 11 is 1.58. The molecular formula is C22H22N4O2S. The van der Waals surface area contributed by atoms with Crippen LogP contribution in [0.25, 0.3) is 10.6 Å². The van der Waals surface area contributed by atoms with Crippen LogP contribution in [0, 0.1) is 0 Å². The molecule has 1 fully saturated rings. The average molecular weight is 407 g/mol. The van der Waals surface area contributed by atoms with Crippen LogP contribution in [0.2, 0.25) is 0 Å². The first-order chi connectivity index (χ1) is 14.2. The summed E-state index contributed by atoms with van der Waals surface area (Å²) in [5.41, 5.74) is 3.84. The van der Waals surface area contributed by atoms with E-state index in [9.17, 15) is 9.59 Å². The number of rotatable bonds is 6. The molecule has 1 aromatic heterocycles. The van der Waals surface area contributed by atoms with E-state index in [4.69, 9.17) is 0 Å². The van der Waals surface area contributed by atoms with Gasteiger partial charge in [-0.05, 0) is 41.8 Å². The van der Waals surface area contributed by atoms with Crippen molar-refractivity contribution in [2.45, 2.75) is 25.9 Å². The lowest BCUT2D eigenvalue weighted by atomic mass is 10.1. The molecule has 7 heteroatoms. The normalized spacial score (nSPS) is 13.5. The number of carbonyl (C=O) groups is 2. The summed E-state index contributed by atoms with van der Waals surface area (Å²) in [5.74, 6) is 0.216. The number of nitrogens with zero attached hydrogens (tertiary/aromatic N) is 2. The van der Waals surface area contributed by atoms with E-state index in [1.165, 1.54) is 0 Å². The highest BCUT2D eigenvalue weighted by Crippen LogP contribution is 2.23. The Kier molecular flexibility index (Phi) is 5.86. The number of amides is 3. The summed E-state index contributed by atoms with van der Waals surface area (Å²) < 4.78 is 0. The van der Waals surface area contributed by atoms with Crippen LogP contribution in [0.5, 0.6) is 0 Å². The van der Waals surface area contributed by atoms with Crippen LogP contribution in [-0.2, 0) is 17.9 Å². The van der Waals surface area contributed by atoms with Crippen molar-refractivity contribution >= 4 is 29.0 Å². The van der Waals surface area contributed by atoms with Gasteiger partial charge < -0.3 is 15.5 Å². The predicted molar refractivity (Wildman–Crippen MR) is 115 cm³/mol. The van der Waals surface area contributed by atoms with Crippen LogP contribution in [0.4, 0.5) is 10.5 Å². The van der Waals surface area contributed by atoms with E-state index in [1.54, 1.807) is 17.5 Å². The molecule has 29 heavy (non-hydrogen) atoms. The summed E-state index contributed by atoms with van der Waals surface area (Å²) in [4.78, 5) is 30.2. The van der Waals surface area contributed by atoms with Crippen LogP contribution >= 0.6 is 11.3 Å². The zero-order valence-electron chi connectivity index (χ0n) is 15.9. The molecule has 0 unspecified atom stereocenters. The van der Waals surface area contributed by atoms with E-state index in [-0.39, 0.29) is 11.9 Å². The molecule has 2 N–H and O–H groups in total. The lowest BCUT2D eigenvalue weighted by Gasteiger charge is -2.16. The number of anilines is 1. The maximum Gasteiger partial charge on any atom is 0.319 e. The minimum atomic E-state index is -0.257. The van der Waals surface area contributed by atoms with E-state index in [0.717, 1.165) is 40.4 Å². The molecule has 148 valence electrons. The molecular weight excluding hydrogens is 384 g/mol. The van der Waals surface area contributed by atoms with Crippen LogP contribution in [0.15, 0.2) is 60.1 Å². The first-order valence-corrected chi connectivity index (χ1v) is 10.5. The van der Waals surface area contributed by atoms with Gasteiger partial charge in [0.05, 0.1) is 0 Å². The van der Waals surface area contributed by atoms with E-state index in [2.05, 4.69) is 15.6 Å². The van der Waals surface area contributed by atoms with Crippen molar-refractivity contribution in [1.82, 2.24) is 15.2 Å². The van der Waals surface area contributed by atoms with Crippen molar-refractivity contribution in [2.24, 2.45) is 0 Å². The monoisotopic (exact) mass is 406 g/mol. The smallest absolute Gasteiger partial charge is 0.319 e. The van der Waals surface area contributed by atoms with Gasteiger partial charge in [-0.2, -0.15) is 0 Å². The molecule has 3 amide bonds. The molecule has 1 aliphatic heterocycles. The van der Waals surface area contributed by atoms with Gasteiger partial charge in [-0.3, -0.25) is 4.79 Å². The second kappa shape index (κ2) is 8.87. The number of hydrogen-bond acceptors (Lipinski definition) is 4. The zero-order chi connectivity index (χ0) is 20.1. The Balaban J connectivity index is 1.29. The molecule has 6 nitrogen and oxygen atoms in total. The van der Waals surface area contributed by atoms with E-state index in [1.807, 2.05) is 58.8 Å². The summed E-state index contributed by atoms with van der Waals surface area (Å²) in [6, 6.07) is 15.3. The third-order valence-electron chi connectivity index (χ3n) is 4.81. The van der Waals surface area contributed by atoms with Gasteiger partial charge in [-0.15, -0.1) is 11.3 Å². The number of urea groups is 1. The van der Waals surface area contributed by atoms with Gasteiger partial charge in [0, 0.05) is 48.9 Å². The SMILES string of the molecule is O=C(NCc1cccc(CN2CCCC2=O)c1)Nc1ccc(-c2nccs2)cc1. The van der Waals surface area contributed by atoms with Gasteiger partial charge in [0.1, 0.15) is 5.01 Å². The minimum absolute atomic E-state index is 0.216. The summed E-state index contributed by atoms with van der Waals surface area (Å²) in [7, 11) is 0. The van der Waals surface area contributed by atoms with Crippen LogP contribution < -0.4 is 10.6 Å². The van der Waals surface area contributed by atoms with Gasteiger partial charge in [0.15, 0.2) is 0 Å². The fraction of sp³-hybridized carbons (Fsp3) is 0.227. The molecule has 4 rings (SSSR count). The highest BCUT2D eigenvalue weighted by molar-refractivity contribution is 7.13. The Morgan fingerprint density at radius 1 is 1.14 bits per heavy atom. The molecule has 0 aliphatic carbocycles. The topological polar surface area (TPSA) is 74.3 Å². The molecule has 0 saturated carbocycles. The molecule has 2 heterocycles. The van der Waals surface area contributed by atoms with Crippen molar-refractivity contribution in [1.29, 1.82) is 0 Å². The van der Waals surface area contributed by atoms with Crippen molar-refractivity contribution in [2.75, 3.05) is 11.9 Å². The van der Waals surface area contributed by atoms with Crippen molar-refractivity contribution in [3.8, 4) is 10.6 Å². The number of thiazole rings is 1. The highest BCUT2D eigenvalue weighted by atomic mass is 32.1. The quantitative estimate of drug-likeness (QED) is 0.643. The maximum atomic E-state index is 12.2. The van der Waals surface area contributed by atoms with Crippen molar-refractivity contribution < 1.29 is 9.59 Å². The Labute approximate surface area is 173 Å². The van der Waals surface area contributed by atoms with Crippen LogP contribution in [0.1, 0.15) is 24.0 Å².